The van der Waals surface area contributed by atoms with E-state index in [0.717, 1.165) is 32.1 Å². The molecule has 0 heterocycles. The Kier molecular flexibility index (Phi) is 6.46. The van der Waals surface area contributed by atoms with Gasteiger partial charge in [-0.15, -0.1) is 12.4 Å². The number of carbonyl (C=O) groups excluding carboxylic acids is 1. The summed E-state index contributed by atoms with van der Waals surface area (Å²) in [5.41, 5.74) is 5.64. The van der Waals surface area contributed by atoms with Crippen molar-refractivity contribution in [2.45, 2.75) is 55.7 Å². The molecule has 21 heavy (non-hydrogen) atoms. The first kappa shape index (κ1) is 18.7. The van der Waals surface area contributed by atoms with Crippen LogP contribution in [0.15, 0.2) is 0 Å². The summed E-state index contributed by atoms with van der Waals surface area (Å²) in [4.78, 5) is 11.8. The molecule has 8 heteroatoms. The van der Waals surface area contributed by atoms with Gasteiger partial charge < -0.3 is 10.5 Å². The summed E-state index contributed by atoms with van der Waals surface area (Å²) in [6, 6.07) is 0. The molecule has 0 radical (unpaired) electrons. The summed E-state index contributed by atoms with van der Waals surface area (Å²) in [6.07, 6.45) is 5.52. The molecule has 2 saturated carbocycles. The predicted octanol–water partition coefficient (Wildman–Crippen LogP) is 0.941. The maximum absolute atomic E-state index is 12.4. The minimum atomic E-state index is -3.53. The van der Waals surface area contributed by atoms with Crippen molar-refractivity contribution in [3.05, 3.63) is 0 Å². The number of rotatable bonds is 5. The molecule has 2 unspecified atom stereocenters. The van der Waals surface area contributed by atoms with E-state index in [4.69, 9.17) is 10.5 Å². The lowest BCUT2D eigenvalue weighted by molar-refractivity contribution is -0.146. The fourth-order valence-electron chi connectivity index (χ4n) is 3.05. The molecule has 2 rings (SSSR count). The number of ether oxygens (including phenoxy) is 1. The van der Waals surface area contributed by atoms with Gasteiger partial charge in [0.05, 0.1) is 18.3 Å². The van der Waals surface area contributed by atoms with Crippen LogP contribution in [0.5, 0.6) is 0 Å². The van der Waals surface area contributed by atoms with E-state index in [-0.39, 0.29) is 19.0 Å². The number of nitrogens with one attached hydrogen (secondary N) is 1. The van der Waals surface area contributed by atoms with Gasteiger partial charge >= 0.3 is 5.97 Å². The van der Waals surface area contributed by atoms with Crippen LogP contribution in [0, 0.1) is 5.92 Å². The highest BCUT2D eigenvalue weighted by molar-refractivity contribution is 7.90. The molecule has 2 aliphatic rings. The highest BCUT2D eigenvalue weighted by Crippen LogP contribution is 2.32. The highest BCUT2D eigenvalue weighted by Gasteiger charge is 2.41. The van der Waals surface area contributed by atoms with Crippen molar-refractivity contribution in [2.75, 3.05) is 13.7 Å². The van der Waals surface area contributed by atoms with Crippen molar-refractivity contribution in [1.82, 2.24) is 4.72 Å². The second-order valence-electron chi connectivity index (χ2n) is 6.03. The Morgan fingerprint density at radius 3 is 2.43 bits per heavy atom. The fourth-order valence-corrected chi connectivity index (χ4v) is 4.91. The lowest BCUT2D eigenvalue weighted by Gasteiger charge is -2.39. The van der Waals surface area contributed by atoms with E-state index in [0.29, 0.717) is 12.8 Å². The van der Waals surface area contributed by atoms with Crippen molar-refractivity contribution in [3.8, 4) is 0 Å². The number of halogens is 1. The zero-order valence-electron chi connectivity index (χ0n) is 12.3. The molecule has 0 aromatic heterocycles. The van der Waals surface area contributed by atoms with Crippen molar-refractivity contribution >= 4 is 28.4 Å². The molecule has 0 bridgehead atoms. The zero-order chi connectivity index (χ0) is 14.8. The Morgan fingerprint density at radius 2 is 1.90 bits per heavy atom. The molecule has 0 aliphatic heterocycles. The van der Waals surface area contributed by atoms with Gasteiger partial charge in [0.25, 0.3) is 0 Å². The molecule has 3 N–H and O–H groups in total. The molecular weight excluding hydrogens is 316 g/mol. The maximum Gasteiger partial charge on any atom is 0.310 e. The SMILES string of the molecule is COC(=O)C1CCCCC1S(=O)(=O)NCC1(N)CCC1.Cl. The first-order valence-electron chi connectivity index (χ1n) is 7.23. The summed E-state index contributed by atoms with van der Waals surface area (Å²) in [5.74, 6) is -0.979. The number of methoxy groups -OCH3 is 1. The smallest absolute Gasteiger partial charge is 0.310 e. The Hall–Kier alpha value is -0.370. The molecule has 0 amide bonds. The van der Waals surface area contributed by atoms with Gasteiger partial charge in [-0.25, -0.2) is 13.1 Å². The van der Waals surface area contributed by atoms with Gasteiger partial charge in [-0.2, -0.15) is 0 Å². The molecule has 0 spiro atoms. The third-order valence-electron chi connectivity index (χ3n) is 4.58. The van der Waals surface area contributed by atoms with Crippen LogP contribution in [0.25, 0.3) is 0 Å². The Morgan fingerprint density at radius 1 is 1.29 bits per heavy atom. The van der Waals surface area contributed by atoms with Crippen LogP contribution in [0.2, 0.25) is 0 Å². The van der Waals surface area contributed by atoms with Gasteiger partial charge in [0.15, 0.2) is 0 Å². The molecule has 2 fully saturated rings. The van der Waals surface area contributed by atoms with Crippen LogP contribution in [-0.4, -0.2) is 38.8 Å². The molecule has 0 aromatic carbocycles. The van der Waals surface area contributed by atoms with E-state index in [1.807, 2.05) is 0 Å². The lowest BCUT2D eigenvalue weighted by Crippen LogP contribution is -2.56. The normalized spacial score (nSPS) is 28.1. The Balaban J connectivity index is 0.00000220. The van der Waals surface area contributed by atoms with Crippen LogP contribution in [0.3, 0.4) is 0 Å². The van der Waals surface area contributed by atoms with Gasteiger partial charge in [-0.05, 0) is 32.1 Å². The lowest BCUT2D eigenvalue weighted by atomic mass is 9.78. The summed E-state index contributed by atoms with van der Waals surface area (Å²) >= 11 is 0. The van der Waals surface area contributed by atoms with Gasteiger partial charge in [-0.3, -0.25) is 4.79 Å². The topological polar surface area (TPSA) is 98.5 Å². The number of nitrogens with two attached hydrogens (primary N) is 1. The second kappa shape index (κ2) is 7.26. The first-order valence-corrected chi connectivity index (χ1v) is 8.78. The molecular formula is C13H25ClN2O4S. The monoisotopic (exact) mass is 340 g/mol. The summed E-state index contributed by atoms with van der Waals surface area (Å²) in [7, 11) is -2.22. The van der Waals surface area contributed by atoms with E-state index in [1.165, 1.54) is 7.11 Å². The van der Waals surface area contributed by atoms with E-state index >= 15 is 0 Å². The Bertz CT molecular complexity index is 465. The minimum absolute atomic E-state index is 0. The fraction of sp³-hybridized carbons (Fsp3) is 0.923. The molecule has 2 aliphatic carbocycles. The third kappa shape index (κ3) is 4.31. The molecule has 124 valence electrons. The maximum atomic E-state index is 12.4. The minimum Gasteiger partial charge on any atom is -0.469 e. The van der Waals surface area contributed by atoms with Gasteiger partial charge in [-0.1, -0.05) is 12.8 Å². The van der Waals surface area contributed by atoms with Crippen molar-refractivity contribution < 1.29 is 17.9 Å². The Labute approximate surface area is 132 Å². The number of hydrogen-bond acceptors (Lipinski definition) is 5. The quantitative estimate of drug-likeness (QED) is 0.726. The highest BCUT2D eigenvalue weighted by atomic mass is 35.5. The van der Waals surface area contributed by atoms with Gasteiger partial charge in [0, 0.05) is 12.1 Å². The molecule has 2 atom stereocenters. The average Bonchev–Trinajstić information content (AvgIpc) is 2.42. The number of sulfonamides is 1. The first-order chi connectivity index (χ1) is 9.38. The van der Waals surface area contributed by atoms with Crippen LogP contribution >= 0.6 is 12.4 Å². The number of carbonyl (C=O) groups is 1. The number of hydrogen-bond donors (Lipinski definition) is 2. The van der Waals surface area contributed by atoms with Crippen molar-refractivity contribution in [3.63, 3.8) is 0 Å². The largest absolute Gasteiger partial charge is 0.469 e. The molecule has 6 nitrogen and oxygen atoms in total. The van der Waals surface area contributed by atoms with Gasteiger partial charge in [0.1, 0.15) is 0 Å². The van der Waals surface area contributed by atoms with Crippen LogP contribution < -0.4 is 10.5 Å². The van der Waals surface area contributed by atoms with E-state index in [1.54, 1.807) is 0 Å². The van der Waals surface area contributed by atoms with E-state index < -0.39 is 32.7 Å². The summed E-state index contributed by atoms with van der Waals surface area (Å²) in [6.45, 7) is 0.264. The third-order valence-corrected chi connectivity index (χ3v) is 6.49. The predicted molar refractivity (Wildman–Crippen MR) is 82.7 cm³/mol. The molecule has 0 aromatic rings. The molecule has 0 saturated heterocycles. The van der Waals surface area contributed by atoms with Gasteiger partial charge in [0.2, 0.25) is 10.0 Å². The van der Waals surface area contributed by atoms with Crippen LogP contribution in [0.1, 0.15) is 44.9 Å². The van der Waals surface area contributed by atoms with Crippen LogP contribution in [-0.2, 0) is 19.6 Å². The van der Waals surface area contributed by atoms with E-state index in [9.17, 15) is 13.2 Å². The standard InChI is InChI=1S/C13H24N2O4S.ClH/c1-19-12(16)10-5-2-3-6-11(10)20(17,18)15-9-13(14)7-4-8-13;/h10-11,15H,2-9,14H2,1H3;1H. The van der Waals surface area contributed by atoms with E-state index in [2.05, 4.69) is 4.72 Å². The number of esters is 1. The van der Waals surface area contributed by atoms with Crippen LogP contribution in [0.4, 0.5) is 0 Å². The summed E-state index contributed by atoms with van der Waals surface area (Å²) in [5, 5.41) is -0.688. The average molecular weight is 341 g/mol. The second-order valence-corrected chi connectivity index (χ2v) is 8.02. The zero-order valence-corrected chi connectivity index (χ0v) is 14.0. The van der Waals surface area contributed by atoms with Crippen molar-refractivity contribution in [2.24, 2.45) is 11.7 Å². The summed E-state index contributed by atoms with van der Waals surface area (Å²) < 4.78 is 32.2. The van der Waals surface area contributed by atoms with Crippen molar-refractivity contribution in [1.29, 1.82) is 0 Å².